The van der Waals surface area contributed by atoms with E-state index in [1.807, 2.05) is 18.2 Å². The molecule has 1 aliphatic heterocycles. The fraction of sp³-hybridized carbons (Fsp3) is 0.217. The number of aromatic nitrogens is 3. The highest BCUT2D eigenvalue weighted by molar-refractivity contribution is 5.82. The maximum Gasteiger partial charge on any atom is 0.124 e. The Balaban J connectivity index is 1.43. The summed E-state index contributed by atoms with van der Waals surface area (Å²) in [6, 6.07) is 17.4. The van der Waals surface area contributed by atoms with Crippen LogP contribution in [0.25, 0.3) is 22.2 Å². The zero-order valence-electron chi connectivity index (χ0n) is 15.5. The molecule has 0 radical (unpaired) electrons. The van der Waals surface area contributed by atoms with Gasteiger partial charge in [-0.3, -0.25) is 9.88 Å². The van der Waals surface area contributed by atoms with Crippen LogP contribution in [0.15, 0.2) is 67.0 Å². The maximum atomic E-state index is 13.5. The SMILES string of the molecule is Fc1cccc(CN2CCCC2c2nc3ccc(-c4ccncc4)cc3[nH]2)c1. The highest BCUT2D eigenvalue weighted by Crippen LogP contribution is 2.33. The predicted octanol–water partition coefficient (Wildman–Crippen LogP) is 5.10. The third-order valence-electron chi connectivity index (χ3n) is 5.47. The van der Waals surface area contributed by atoms with Crippen molar-refractivity contribution in [2.45, 2.75) is 25.4 Å². The van der Waals surface area contributed by atoms with E-state index in [0.717, 1.165) is 59.5 Å². The number of pyridine rings is 1. The predicted molar refractivity (Wildman–Crippen MR) is 108 cm³/mol. The lowest BCUT2D eigenvalue weighted by atomic mass is 10.1. The van der Waals surface area contributed by atoms with E-state index >= 15 is 0 Å². The number of hydrogen-bond acceptors (Lipinski definition) is 3. The van der Waals surface area contributed by atoms with Crippen molar-refractivity contribution in [3.05, 3.63) is 84.2 Å². The first-order valence-corrected chi connectivity index (χ1v) is 9.65. The largest absolute Gasteiger partial charge is 0.341 e. The highest BCUT2D eigenvalue weighted by Gasteiger charge is 2.28. The lowest BCUT2D eigenvalue weighted by Crippen LogP contribution is -2.23. The Morgan fingerprint density at radius 1 is 1.04 bits per heavy atom. The molecular weight excluding hydrogens is 351 g/mol. The molecule has 0 spiro atoms. The second-order valence-electron chi connectivity index (χ2n) is 7.35. The van der Waals surface area contributed by atoms with Gasteiger partial charge in [-0.15, -0.1) is 0 Å². The van der Waals surface area contributed by atoms with Gasteiger partial charge in [0.1, 0.15) is 11.6 Å². The lowest BCUT2D eigenvalue weighted by Gasteiger charge is -2.22. The van der Waals surface area contributed by atoms with Crippen LogP contribution in [-0.2, 0) is 6.54 Å². The minimum absolute atomic E-state index is 0.180. The Morgan fingerprint density at radius 3 is 2.79 bits per heavy atom. The molecule has 1 fully saturated rings. The van der Waals surface area contributed by atoms with Gasteiger partial charge in [-0.1, -0.05) is 18.2 Å². The molecule has 5 heteroatoms. The summed E-state index contributed by atoms with van der Waals surface area (Å²) in [4.78, 5) is 14.9. The normalized spacial score (nSPS) is 17.4. The van der Waals surface area contributed by atoms with Gasteiger partial charge in [0, 0.05) is 18.9 Å². The Morgan fingerprint density at radius 2 is 1.93 bits per heavy atom. The summed E-state index contributed by atoms with van der Waals surface area (Å²) in [7, 11) is 0. The lowest BCUT2D eigenvalue weighted by molar-refractivity contribution is 0.241. The molecule has 0 saturated carbocycles. The first kappa shape index (κ1) is 17.1. The zero-order valence-corrected chi connectivity index (χ0v) is 15.5. The minimum Gasteiger partial charge on any atom is -0.341 e. The number of halogens is 1. The number of H-pyrrole nitrogens is 1. The van der Waals surface area contributed by atoms with Gasteiger partial charge in [-0.2, -0.15) is 0 Å². The molecule has 4 nitrogen and oxygen atoms in total. The van der Waals surface area contributed by atoms with E-state index in [2.05, 4.69) is 33.1 Å². The van der Waals surface area contributed by atoms with Crippen molar-refractivity contribution >= 4 is 11.0 Å². The van der Waals surface area contributed by atoms with Crippen molar-refractivity contribution in [2.24, 2.45) is 0 Å². The van der Waals surface area contributed by atoms with Gasteiger partial charge >= 0.3 is 0 Å². The summed E-state index contributed by atoms with van der Waals surface area (Å²) in [6.07, 6.45) is 5.80. The molecule has 4 aromatic rings. The number of fused-ring (bicyclic) bond motifs is 1. The van der Waals surface area contributed by atoms with Crippen LogP contribution in [0, 0.1) is 5.82 Å². The van der Waals surface area contributed by atoms with Crippen LogP contribution in [0.1, 0.15) is 30.3 Å². The monoisotopic (exact) mass is 372 g/mol. The number of benzene rings is 2. The number of aromatic amines is 1. The van der Waals surface area contributed by atoms with Crippen molar-refractivity contribution < 1.29 is 4.39 Å². The summed E-state index contributed by atoms with van der Waals surface area (Å²) in [5, 5.41) is 0. The third kappa shape index (κ3) is 3.29. The van der Waals surface area contributed by atoms with Crippen molar-refractivity contribution in [1.82, 2.24) is 19.9 Å². The number of nitrogens with one attached hydrogen (secondary N) is 1. The summed E-state index contributed by atoms with van der Waals surface area (Å²) in [5.41, 5.74) is 5.31. The molecule has 28 heavy (non-hydrogen) atoms. The molecule has 1 aliphatic rings. The molecule has 1 saturated heterocycles. The van der Waals surface area contributed by atoms with Crippen LogP contribution >= 0.6 is 0 Å². The quantitative estimate of drug-likeness (QED) is 0.542. The Kier molecular flexibility index (Phi) is 4.37. The van der Waals surface area contributed by atoms with Crippen molar-refractivity contribution in [1.29, 1.82) is 0 Å². The van der Waals surface area contributed by atoms with Gasteiger partial charge in [-0.25, -0.2) is 9.37 Å². The fourth-order valence-corrected chi connectivity index (χ4v) is 4.11. The fourth-order valence-electron chi connectivity index (χ4n) is 4.11. The number of hydrogen-bond donors (Lipinski definition) is 1. The van der Waals surface area contributed by atoms with Gasteiger partial charge in [0.15, 0.2) is 0 Å². The summed E-state index contributed by atoms with van der Waals surface area (Å²) >= 11 is 0. The molecule has 5 rings (SSSR count). The molecule has 0 bridgehead atoms. The first-order chi connectivity index (χ1) is 13.8. The van der Waals surface area contributed by atoms with Crippen LogP contribution in [0.3, 0.4) is 0 Å². The molecule has 1 atom stereocenters. The zero-order chi connectivity index (χ0) is 18.9. The van der Waals surface area contributed by atoms with Crippen molar-refractivity contribution in [3.8, 4) is 11.1 Å². The molecule has 2 aromatic carbocycles. The first-order valence-electron chi connectivity index (χ1n) is 9.65. The summed E-state index contributed by atoms with van der Waals surface area (Å²) in [5.74, 6) is 0.816. The van der Waals surface area contributed by atoms with E-state index < -0.39 is 0 Å². The van der Waals surface area contributed by atoms with Crippen LogP contribution in [0.5, 0.6) is 0 Å². The molecule has 140 valence electrons. The molecule has 2 aromatic heterocycles. The number of imidazole rings is 1. The van der Waals surface area contributed by atoms with E-state index in [1.165, 1.54) is 6.07 Å². The van der Waals surface area contributed by atoms with Gasteiger partial charge < -0.3 is 4.98 Å². The van der Waals surface area contributed by atoms with E-state index in [-0.39, 0.29) is 11.9 Å². The average molecular weight is 372 g/mol. The van der Waals surface area contributed by atoms with Crippen LogP contribution < -0.4 is 0 Å². The molecule has 0 amide bonds. The van der Waals surface area contributed by atoms with Gasteiger partial charge in [0.05, 0.1) is 17.1 Å². The minimum atomic E-state index is -0.180. The highest BCUT2D eigenvalue weighted by atomic mass is 19.1. The average Bonchev–Trinajstić information content (AvgIpc) is 3.34. The van der Waals surface area contributed by atoms with Crippen LogP contribution in [0.4, 0.5) is 4.39 Å². The number of nitrogens with zero attached hydrogens (tertiary/aromatic N) is 3. The van der Waals surface area contributed by atoms with E-state index in [1.54, 1.807) is 24.5 Å². The Bertz CT molecular complexity index is 1110. The molecular formula is C23H21FN4. The number of rotatable bonds is 4. The molecule has 1 N–H and O–H groups in total. The Labute approximate surface area is 163 Å². The van der Waals surface area contributed by atoms with Crippen LogP contribution in [-0.4, -0.2) is 26.4 Å². The standard InChI is InChI=1S/C23H21FN4/c24-19-4-1-3-16(13-19)15-28-12-2-5-22(28)23-26-20-7-6-18(14-21(20)27-23)17-8-10-25-11-9-17/h1,3-4,6-11,13-14,22H,2,5,12,15H2,(H,26,27). The third-order valence-corrected chi connectivity index (χ3v) is 5.47. The number of likely N-dealkylation sites (tertiary alicyclic amines) is 1. The van der Waals surface area contributed by atoms with Crippen molar-refractivity contribution in [3.63, 3.8) is 0 Å². The van der Waals surface area contributed by atoms with Gasteiger partial charge in [0.2, 0.25) is 0 Å². The van der Waals surface area contributed by atoms with Gasteiger partial charge in [-0.05, 0) is 72.5 Å². The maximum absolute atomic E-state index is 13.5. The van der Waals surface area contributed by atoms with E-state index in [0.29, 0.717) is 0 Å². The van der Waals surface area contributed by atoms with Crippen molar-refractivity contribution in [2.75, 3.05) is 6.54 Å². The Hall–Kier alpha value is -3.05. The smallest absolute Gasteiger partial charge is 0.124 e. The van der Waals surface area contributed by atoms with Gasteiger partial charge in [0.25, 0.3) is 0 Å². The summed E-state index contributed by atoms with van der Waals surface area (Å²) in [6.45, 7) is 1.74. The summed E-state index contributed by atoms with van der Waals surface area (Å²) < 4.78 is 13.5. The van der Waals surface area contributed by atoms with E-state index in [4.69, 9.17) is 4.98 Å². The molecule has 3 heterocycles. The topological polar surface area (TPSA) is 44.8 Å². The molecule has 1 unspecified atom stereocenters. The van der Waals surface area contributed by atoms with E-state index in [9.17, 15) is 4.39 Å². The molecule has 0 aliphatic carbocycles. The van der Waals surface area contributed by atoms with Crippen LogP contribution in [0.2, 0.25) is 0 Å². The second-order valence-corrected chi connectivity index (χ2v) is 7.35. The second kappa shape index (κ2) is 7.17.